The van der Waals surface area contributed by atoms with Gasteiger partial charge in [-0.1, -0.05) is 30.3 Å². The lowest BCUT2D eigenvalue weighted by molar-refractivity contribution is -0.140. The van der Waals surface area contributed by atoms with Gasteiger partial charge in [0.15, 0.2) is 6.10 Å². The monoisotopic (exact) mass is 350 g/mol. The Hall–Kier alpha value is -2.88. The molecule has 2 aromatic carbocycles. The van der Waals surface area contributed by atoms with Crippen LogP contribution >= 0.6 is 0 Å². The Labute approximate surface area is 153 Å². The molecule has 0 heterocycles. The van der Waals surface area contributed by atoms with Crippen molar-refractivity contribution in [3.05, 3.63) is 70.8 Å². The third-order valence-corrected chi connectivity index (χ3v) is 4.58. The largest absolute Gasteiger partial charge is 0.496 e. The Morgan fingerprint density at radius 3 is 2.65 bits per heavy atom. The van der Waals surface area contributed by atoms with Gasteiger partial charge in [-0.2, -0.15) is 0 Å². The zero-order valence-corrected chi connectivity index (χ0v) is 15.0. The van der Waals surface area contributed by atoms with Crippen molar-refractivity contribution in [1.29, 1.82) is 0 Å². The van der Waals surface area contributed by atoms with Crippen molar-refractivity contribution in [2.24, 2.45) is 0 Å². The molecule has 0 spiro atoms. The Kier molecular flexibility index (Phi) is 5.52. The Bertz CT molecular complexity index is 851. The maximum atomic E-state index is 12.5. The van der Waals surface area contributed by atoms with Crippen LogP contribution in [0.25, 0.3) is 6.08 Å². The maximum absolute atomic E-state index is 12.5. The summed E-state index contributed by atoms with van der Waals surface area (Å²) in [6.07, 6.45) is 5.31. The van der Waals surface area contributed by atoms with E-state index < -0.39 is 12.1 Å². The molecule has 0 aliphatic heterocycles. The molecule has 0 bridgehead atoms. The van der Waals surface area contributed by atoms with Crippen LogP contribution < -0.4 is 4.74 Å². The molecule has 1 atom stereocenters. The predicted octanol–water partition coefficient (Wildman–Crippen LogP) is 4.01. The van der Waals surface area contributed by atoms with Crippen LogP contribution in [0.15, 0.2) is 48.5 Å². The molecule has 4 nitrogen and oxygen atoms in total. The van der Waals surface area contributed by atoms with Gasteiger partial charge in [0.1, 0.15) is 5.75 Å². The van der Waals surface area contributed by atoms with E-state index in [0.29, 0.717) is 11.3 Å². The van der Waals surface area contributed by atoms with E-state index >= 15 is 0 Å². The second-order valence-electron chi connectivity index (χ2n) is 6.36. The number of ether oxygens (including phenoxy) is 2. The van der Waals surface area contributed by atoms with Gasteiger partial charge in [0, 0.05) is 17.2 Å². The average molecular weight is 350 g/mol. The number of benzene rings is 2. The highest BCUT2D eigenvalue weighted by Crippen LogP contribution is 2.24. The van der Waals surface area contributed by atoms with Crippen molar-refractivity contribution < 1.29 is 19.1 Å². The molecule has 0 N–H and O–H groups in total. The first-order chi connectivity index (χ1) is 12.6. The standard InChI is InChI=1S/C22H22O4/c1-15(22(24)19-11-10-16-7-5-8-18(16)14-19)26-21(23)13-12-17-6-3-4-9-20(17)25-2/h3-4,6,9-15H,5,7-8H2,1-2H3/b13-12+/t15-/m0/s1. The van der Waals surface area contributed by atoms with Crippen molar-refractivity contribution in [2.45, 2.75) is 32.3 Å². The van der Waals surface area contributed by atoms with Gasteiger partial charge >= 0.3 is 5.97 Å². The first-order valence-electron chi connectivity index (χ1n) is 8.76. The molecule has 1 aliphatic carbocycles. The molecule has 4 heteroatoms. The lowest BCUT2D eigenvalue weighted by Gasteiger charge is -2.12. The van der Waals surface area contributed by atoms with Crippen molar-refractivity contribution in [1.82, 2.24) is 0 Å². The minimum atomic E-state index is -0.829. The number of methoxy groups -OCH3 is 1. The molecule has 0 saturated heterocycles. The molecule has 0 fully saturated rings. The van der Waals surface area contributed by atoms with Gasteiger partial charge < -0.3 is 9.47 Å². The number of ketones is 1. The lowest BCUT2D eigenvalue weighted by Crippen LogP contribution is -2.23. The number of Topliss-reactive ketones (excluding diaryl/α,β-unsaturated/α-hetero) is 1. The van der Waals surface area contributed by atoms with Gasteiger partial charge in [-0.3, -0.25) is 4.79 Å². The number of carbonyl (C=O) groups is 2. The second kappa shape index (κ2) is 8.00. The summed E-state index contributed by atoms with van der Waals surface area (Å²) in [5.74, 6) is -0.0736. The molecule has 2 aromatic rings. The normalized spacial score (nSPS) is 14.1. The summed E-state index contributed by atoms with van der Waals surface area (Å²) in [7, 11) is 1.57. The molecule has 0 amide bonds. The van der Waals surface area contributed by atoms with Crippen molar-refractivity contribution in [3.8, 4) is 5.75 Å². The molecule has 1 aliphatic rings. The molecule has 134 valence electrons. The van der Waals surface area contributed by atoms with E-state index in [1.807, 2.05) is 42.5 Å². The predicted molar refractivity (Wildman–Crippen MR) is 100 cm³/mol. The molecular weight excluding hydrogens is 328 g/mol. The first kappa shape index (κ1) is 17.9. The molecular formula is C22H22O4. The van der Waals surface area contributed by atoms with E-state index in [-0.39, 0.29) is 5.78 Å². The third kappa shape index (κ3) is 4.02. The number of fused-ring (bicyclic) bond motifs is 1. The van der Waals surface area contributed by atoms with Gasteiger partial charge in [-0.25, -0.2) is 4.79 Å². The maximum Gasteiger partial charge on any atom is 0.331 e. The van der Waals surface area contributed by atoms with Crippen LogP contribution in [-0.4, -0.2) is 25.0 Å². The first-order valence-corrected chi connectivity index (χ1v) is 8.76. The number of carbonyl (C=O) groups excluding carboxylic acids is 2. The summed E-state index contributed by atoms with van der Waals surface area (Å²) in [6.45, 7) is 1.60. The number of hydrogen-bond donors (Lipinski definition) is 0. The fraction of sp³-hybridized carbons (Fsp3) is 0.273. The topological polar surface area (TPSA) is 52.6 Å². The summed E-state index contributed by atoms with van der Waals surface area (Å²) >= 11 is 0. The van der Waals surface area contributed by atoms with E-state index in [4.69, 9.17) is 9.47 Å². The molecule has 0 radical (unpaired) electrons. The van der Waals surface area contributed by atoms with Gasteiger partial charge in [-0.05, 0) is 55.5 Å². The Morgan fingerprint density at radius 1 is 1.08 bits per heavy atom. The highest BCUT2D eigenvalue weighted by Gasteiger charge is 2.20. The Morgan fingerprint density at radius 2 is 1.85 bits per heavy atom. The van der Waals surface area contributed by atoms with E-state index in [9.17, 15) is 9.59 Å². The SMILES string of the molecule is COc1ccccc1/C=C/C(=O)O[C@@H](C)C(=O)c1ccc2c(c1)CCC2. The number of aryl methyl sites for hydroxylation is 2. The fourth-order valence-electron chi connectivity index (χ4n) is 3.19. The highest BCUT2D eigenvalue weighted by molar-refractivity contribution is 6.01. The zero-order chi connectivity index (χ0) is 18.5. The number of esters is 1. The van der Waals surface area contributed by atoms with Crippen molar-refractivity contribution >= 4 is 17.8 Å². The number of hydrogen-bond acceptors (Lipinski definition) is 4. The summed E-state index contributed by atoms with van der Waals surface area (Å²) in [4.78, 5) is 24.6. The van der Waals surface area contributed by atoms with Crippen molar-refractivity contribution in [3.63, 3.8) is 0 Å². The van der Waals surface area contributed by atoms with Crippen LogP contribution in [-0.2, 0) is 22.4 Å². The van der Waals surface area contributed by atoms with Crippen molar-refractivity contribution in [2.75, 3.05) is 7.11 Å². The lowest BCUT2D eigenvalue weighted by atomic mass is 10.0. The van der Waals surface area contributed by atoms with E-state index in [1.54, 1.807) is 20.1 Å². The fourth-order valence-corrected chi connectivity index (χ4v) is 3.19. The molecule has 3 rings (SSSR count). The quantitative estimate of drug-likeness (QED) is 0.449. The van der Waals surface area contributed by atoms with Crippen LogP contribution in [0.3, 0.4) is 0 Å². The van der Waals surface area contributed by atoms with Crippen LogP contribution in [0.1, 0.15) is 40.4 Å². The number of rotatable bonds is 6. The van der Waals surface area contributed by atoms with E-state index in [1.165, 1.54) is 17.2 Å². The molecule has 0 unspecified atom stereocenters. The van der Waals surface area contributed by atoms with Crippen LogP contribution in [0.2, 0.25) is 0 Å². The van der Waals surface area contributed by atoms with E-state index in [0.717, 1.165) is 24.8 Å². The minimum absolute atomic E-state index is 0.182. The number of para-hydroxylation sites is 1. The summed E-state index contributed by atoms with van der Waals surface area (Å²) in [5, 5.41) is 0. The van der Waals surface area contributed by atoms with E-state index in [2.05, 4.69) is 0 Å². The highest BCUT2D eigenvalue weighted by atomic mass is 16.5. The summed E-state index contributed by atoms with van der Waals surface area (Å²) in [5.41, 5.74) is 3.90. The third-order valence-electron chi connectivity index (χ3n) is 4.58. The smallest absolute Gasteiger partial charge is 0.331 e. The van der Waals surface area contributed by atoms with Gasteiger partial charge in [-0.15, -0.1) is 0 Å². The molecule has 26 heavy (non-hydrogen) atoms. The molecule has 0 aromatic heterocycles. The second-order valence-corrected chi connectivity index (χ2v) is 6.36. The van der Waals surface area contributed by atoms with Crippen LogP contribution in [0.4, 0.5) is 0 Å². The van der Waals surface area contributed by atoms with Gasteiger partial charge in [0.05, 0.1) is 7.11 Å². The average Bonchev–Trinajstić information content (AvgIpc) is 3.13. The van der Waals surface area contributed by atoms with Crippen LogP contribution in [0, 0.1) is 0 Å². The Balaban J connectivity index is 1.63. The zero-order valence-electron chi connectivity index (χ0n) is 15.0. The van der Waals surface area contributed by atoms with Gasteiger partial charge in [0.2, 0.25) is 5.78 Å². The minimum Gasteiger partial charge on any atom is -0.496 e. The molecule has 0 saturated carbocycles. The van der Waals surface area contributed by atoms with Crippen LogP contribution in [0.5, 0.6) is 5.75 Å². The summed E-state index contributed by atoms with van der Waals surface area (Å²) in [6, 6.07) is 13.1. The van der Waals surface area contributed by atoms with Gasteiger partial charge in [0.25, 0.3) is 0 Å². The summed E-state index contributed by atoms with van der Waals surface area (Å²) < 4.78 is 10.5.